The monoisotopic (exact) mass is 368 g/mol. The number of rotatable bonds is 7. The smallest absolute Gasteiger partial charge is 0.265 e. The van der Waals surface area contributed by atoms with Crippen LogP contribution in [0, 0.1) is 13.8 Å². The molecule has 5 nitrogen and oxygen atoms in total. The number of amides is 2. The summed E-state index contributed by atoms with van der Waals surface area (Å²) in [5.41, 5.74) is 3.02. The molecule has 0 aromatic heterocycles. The zero-order valence-electron chi connectivity index (χ0n) is 16.6. The fourth-order valence-corrected chi connectivity index (χ4v) is 2.52. The lowest BCUT2D eigenvalue weighted by atomic mass is 10.1. The third kappa shape index (κ3) is 5.33. The maximum Gasteiger partial charge on any atom is 0.265 e. The van der Waals surface area contributed by atoms with Crippen molar-refractivity contribution >= 4 is 17.5 Å². The predicted octanol–water partition coefficient (Wildman–Crippen LogP) is 4.24. The van der Waals surface area contributed by atoms with Gasteiger partial charge in [0, 0.05) is 6.04 Å². The van der Waals surface area contributed by atoms with Crippen LogP contribution in [-0.2, 0) is 4.79 Å². The molecule has 0 heterocycles. The van der Waals surface area contributed by atoms with Crippen LogP contribution in [-0.4, -0.2) is 24.0 Å². The van der Waals surface area contributed by atoms with Gasteiger partial charge in [-0.1, -0.05) is 31.2 Å². The van der Waals surface area contributed by atoms with Gasteiger partial charge < -0.3 is 15.4 Å². The lowest BCUT2D eigenvalue weighted by molar-refractivity contribution is -0.122. The predicted molar refractivity (Wildman–Crippen MR) is 108 cm³/mol. The van der Waals surface area contributed by atoms with Gasteiger partial charge in [-0.15, -0.1) is 0 Å². The third-order valence-corrected chi connectivity index (χ3v) is 4.65. The highest BCUT2D eigenvalue weighted by Gasteiger charge is 2.19. The number of hydrogen-bond acceptors (Lipinski definition) is 3. The van der Waals surface area contributed by atoms with E-state index in [1.165, 1.54) is 0 Å². The fraction of sp³-hybridized carbons (Fsp3) is 0.364. The molecule has 0 saturated carbocycles. The first kappa shape index (κ1) is 20.5. The van der Waals surface area contributed by atoms with Crippen molar-refractivity contribution in [1.82, 2.24) is 5.32 Å². The molecule has 0 bridgehead atoms. The summed E-state index contributed by atoms with van der Waals surface area (Å²) in [6, 6.07) is 12.8. The van der Waals surface area contributed by atoms with Gasteiger partial charge in [0.05, 0.1) is 11.3 Å². The van der Waals surface area contributed by atoms with Crippen LogP contribution in [0.4, 0.5) is 5.69 Å². The quantitative estimate of drug-likeness (QED) is 0.768. The van der Waals surface area contributed by atoms with E-state index in [1.807, 2.05) is 45.9 Å². The number of para-hydroxylation sites is 1. The van der Waals surface area contributed by atoms with E-state index in [0.717, 1.165) is 17.5 Å². The van der Waals surface area contributed by atoms with Crippen LogP contribution in [0.5, 0.6) is 5.75 Å². The number of nitrogens with one attached hydrogen (secondary N) is 2. The molecular formula is C22H28N2O3. The van der Waals surface area contributed by atoms with Crippen molar-refractivity contribution in [3.05, 3.63) is 59.2 Å². The van der Waals surface area contributed by atoms with Crippen molar-refractivity contribution in [1.29, 1.82) is 0 Å². The van der Waals surface area contributed by atoms with Crippen molar-refractivity contribution in [2.24, 2.45) is 0 Å². The SMILES string of the molecule is CC[C@@H](C)NC(=O)c1ccccc1NC(=O)[C@@H](C)Oc1cccc(C)c1C. The minimum atomic E-state index is -0.698. The second-order valence-electron chi connectivity index (χ2n) is 6.78. The van der Waals surface area contributed by atoms with Crippen LogP contribution >= 0.6 is 0 Å². The van der Waals surface area contributed by atoms with Crippen LogP contribution in [0.1, 0.15) is 48.7 Å². The number of aryl methyl sites for hydroxylation is 1. The summed E-state index contributed by atoms with van der Waals surface area (Å²) in [7, 11) is 0. The molecule has 144 valence electrons. The highest BCUT2D eigenvalue weighted by molar-refractivity contribution is 6.04. The zero-order valence-corrected chi connectivity index (χ0v) is 16.6. The van der Waals surface area contributed by atoms with Crippen molar-refractivity contribution in [2.75, 3.05) is 5.32 Å². The van der Waals surface area contributed by atoms with E-state index in [0.29, 0.717) is 17.0 Å². The average molecular weight is 368 g/mol. The van der Waals surface area contributed by atoms with Crippen molar-refractivity contribution in [2.45, 2.75) is 53.2 Å². The van der Waals surface area contributed by atoms with Crippen molar-refractivity contribution in [3.63, 3.8) is 0 Å². The largest absolute Gasteiger partial charge is 0.481 e. The maximum absolute atomic E-state index is 12.6. The Morgan fingerprint density at radius 1 is 1.04 bits per heavy atom. The molecule has 0 aliphatic rings. The second kappa shape index (κ2) is 9.21. The second-order valence-corrected chi connectivity index (χ2v) is 6.78. The molecule has 2 atom stereocenters. The summed E-state index contributed by atoms with van der Waals surface area (Å²) >= 11 is 0. The van der Waals surface area contributed by atoms with E-state index in [9.17, 15) is 9.59 Å². The number of benzene rings is 2. The number of carbonyl (C=O) groups is 2. The molecule has 2 aromatic rings. The van der Waals surface area contributed by atoms with Gasteiger partial charge in [0.1, 0.15) is 5.75 Å². The fourth-order valence-electron chi connectivity index (χ4n) is 2.52. The minimum Gasteiger partial charge on any atom is -0.481 e. The summed E-state index contributed by atoms with van der Waals surface area (Å²) in [6.07, 6.45) is 0.136. The van der Waals surface area contributed by atoms with Crippen LogP contribution in [0.2, 0.25) is 0 Å². The molecule has 2 amide bonds. The van der Waals surface area contributed by atoms with Gasteiger partial charge in [0.25, 0.3) is 11.8 Å². The van der Waals surface area contributed by atoms with Gasteiger partial charge in [0.2, 0.25) is 0 Å². The number of hydrogen-bond donors (Lipinski definition) is 2. The molecule has 0 saturated heterocycles. The van der Waals surface area contributed by atoms with Crippen LogP contribution < -0.4 is 15.4 Å². The molecule has 0 aliphatic heterocycles. The Morgan fingerprint density at radius 3 is 2.44 bits per heavy atom. The first-order valence-electron chi connectivity index (χ1n) is 9.27. The Balaban J connectivity index is 2.11. The molecular weight excluding hydrogens is 340 g/mol. The highest BCUT2D eigenvalue weighted by Crippen LogP contribution is 2.22. The lowest BCUT2D eigenvalue weighted by Crippen LogP contribution is -2.34. The van der Waals surface area contributed by atoms with E-state index < -0.39 is 6.10 Å². The van der Waals surface area contributed by atoms with Crippen LogP contribution in [0.3, 0.4) is 0 Å². The molecule has 0 spiro atoms. The topological polar surface area (TPSA) is 67.4 Å². The summed E-state index contributed by atoms with van der Waals surface area (Å²) in [5, 5.41) is 5.73. The van der Waals surface area contributed by atoms with E-state index in [2.05, 4.69) is 10.6 Å². The van der Waals surface area contributed by atoms with Gasteiger partial charge in [-0.2, -0.15) is 0 Å². The van der Waals surface area contributed by atoms with Crippen LogP contribution in [0.15, 0.2) is 42.5 Å². The average Bonchev–Trinajstić information content (AvgIpc) is 2.65. The molecule has 5 heteroatoms. The van der Waals surface area contributed by atoms with E-state index >= 15 is 0 Å². The third-order valence-electron chi connectivity index (χ3n) is 4.65. The van der Waals surface area contributed by atoms with Crippen LogP contribution in [0.25, 0.3) is 0 Å². The number of carbonyl (C=O) groups excluding carboxylic acids is 2. The van der Waals surface area contributed by atoms with Gasteiger partial charge in [-0.05, 0) is 63.4 Å². The maximum atomic E-state index is 12.6. The van der Waals surface area contributed by atoms with Gasteiger partial charge in [0.15, 0.2) is 6.10 Å². The molecule has 2 N–H and O–H groups in total. The Bertz CT molecular complexity index is 817. The van der Waals surface area contributed by atoms with Gasteiger partial charge >= 0.3 is 0 Å². The van der Waals surface area contributed by atoms with Crippen molar-refractivity contribution in [3.8, 4) is 5.75 Å². The molecule has 0 unspecified atom stereocenters. The van der Waals surface area contributed by atoms with Gasteiger partial charge in [-0.25, -0.2) is 0 Å². The van der Waals surface area contributed by atoms with E-state index in [1.54, 1.807) is 31.2 Å². The molecule has 2 aromatic carbocycles. The molecule has 0 fully saturated rings. The Hall–Kier alpha value is -2.82. The number of anilines is 1. The first-order valence-corrected chi connectivity index (χ1v) is 9.27. The Morgan fingerprint density at radius 2 is 1.74 bits per heavy atom. The summed E-state index contributed by atoms with van der Waals surface area (Å²) < 4.78 is 5.83. The summed E-state index contributed by atoms with van der Waals surface area (Å²) in [6.45, 7) is 9.60. The minimum absolute atomic E-state index is 0.0628. The molecule has 0 radical (unpaired) electrons. The Kier molecular flexibility index (Phi) is 6.99. The molecule has 27 heavy (non-hydrogen) atoms. The van der Waals surface area contributed by atoms with Gasteiger partial charge in [-0.3, -0.25) is 9.59 Å². The first-order chi connectivity index (χ1) is 12.8. The summed E-state index contributed by atoms with van der Waals surface area (Å²) in [5.74, 6) is 0.170. The highest BCUT2D eigenvalue weighted by atomic mass is 16.5. The Labute approximate surface area is 161 Å². The molecule has 2 rings (SSSR count). The molecule has 0 aliphatic carbocycles. The van der Waals surface area contributed by atoms with E-state index in [-0.39, 0.29) is 17.9 Å². The zero-order chi connectivity index (χ0) is 20.0. The lowest BCUT2D eigenvalue weighted by Gasteiger charge is -2.19. The normalized spacial score (nSPS) is 12.8. The van der Waals surface area contributed by atoms with E-state index in [4.69, 9.17) is 4.74 Å². The number of ether oxygens (including phenoxy) is 1. The summed E-state index contributed by atoms with van der Waals surface area (Å²) in [4.78, 5) is 25.1. The standard InChI is InChI=1S/C22H28N2O3/c1-6-15(3)23-22(26)18-11-7-8-12-19(18)24-21(25)17(5)27-20-13-9-10-14(2)16(20)4/h7-13,15,17H,6H2,1-5H3,(H,23,26)(H,24,25)/t15-,17-/m1/s1. The van der Waals surface area contributed by atoms with Crippen molar-refractivity contribution < 1.29 is 14.3 Å².